The average molecular weight is 549 g/mol. The predicted molar refractivity (Wildman–Crippen MR) is 151 cm³/mol. The third kappa shape index (κ3) is 6.58. The van der Waals surface area contributed by atoms with Gasteiger partial charge in [0, 0.05) is 26.6 Å². The van der Waals surface area contributed by atoms with Gasteiger partial charge in [-0.05, 0) is 80.2 Å². The van der Waals surface area contributed by atoms with Crippen LogP contribution in [0.4, 0.5) is 0 Å². The first-order valence-corrected chi connectivity index (χ1v) is 14.4. The molecule has 1 saturated carbocycles. The maximum absolute atomic E-state index is 13.6. The van der Waals surface area contributed by atoms with Crippen molar-refractivity contribution in [2.45, 2.75) is 76.1 Å². The molecule has 40 heavy (non-hydrogen) atoms. The van der Waals surface area contributed by atoms with E-state index in [-0.39, 0.29) is 48.0 Å². The van der Waals surface area contributed by atoms with Crippen molar-refractivity contribution < 1.29 is 24.2 Å². The standard InChI is InChI=1S/C31H40N4O5/c1-19-29(37)34-26(17-20-8-13-24(36)14-9-20)30(38)32-16-4-7-22-5-3-6-23-12-15-25(40-28(22)23)18-33-27(21-10-11-21)31(39)35(19)2/h3,5-6,8-9,13-14,19,21,25-27,33,36H,4,7,10-12,15-18H2,1-2H3,(H,32,38)(H,34,37)/t19-,25-,26-,27+/m1/s1. The molecule has 3 amide bonds. The van der Waals surface area contributed by atoms with E-state index in [0.717, 1.165) is 55.4 Å². The number of fused-ring (bicyclic) bond motifs is 1. The van der Waals surface area contributed by atoms with Gasteiger partial charge < -0.3 is 30.7 Å². The second kappa shape index (κ2) is 12.3. The lowest BCUT2D eigenvalue weighted by atomic mass is 9.96. The smallest absolute Gasteiger partial charge is 0.243 e. The van der Waals surface area contributed by atoms with E-state index in [9.17, 15) is 19.5 Å². The van der Waals surface area contributed by atoms with E-state index in [1.807, 2.05) is 0 Å². The number of likely N-dealkylation sites (N-methyl/N-ethyl adjacent to an activating group) is 1. The number of ether oxygens (including phenoxy) is 1. The largest absolute Gasteiger partial charge is 0.508 e. The molecule has 0 radical (unpaired) electrons. The molecule has 0 unspecified atom stereocenters. The minimum absolute atomic E-state index is 0.0343. The molecule has 9 nitrogen and oxygen atoms in total. The van der Waals surface area contributed by atoms with Crippen LogP contribution >= 0.6 is 0 Å². The van der Waals surface area contributed by atoms with E-state index in [2.05, 4.69) is 34.1 Å². The molecule has 1 fully saturated rings. The molecule has 5 rings (SSSR count). The summed E-state index contributed by atoms with van der Waals surface area (Å²) in [5.74, 6) is 0.520. The molecule has 2 aromatic carbocycles. The van der Waals surface area contributed by atoms with Gasteiger partial charge in [0.05, 0.1) is 6.04 Å². The summed E-state index contributed by atoms with van der Waals surface area (Å²) >= 11 is 0. The van der Waals surface area contributed by atoms with Gasteiger partial charge in [-0.15, -0.1) is 0 Å². The predicted octanol–water partition coefficient (Wildman–Crippen LogP) is 2.09. The lowest BCUT2D eigenvalue weighted by molar-refractivity contribution is -0.141. The van der Waals surface area contributed by atoms with E-state index in [4.69, 9.17) is 4.74 Å². The van der Waals surface area contributed by atoms with Gasteiger partial charge in [-0.2, -0.15) is 0 Å². The van der Waals surface area contributed by atoms with Crippen molar-refractivity contribution in [1.29, 1.82) is 0 Å². The maximum atomic E-state index is 13.6. The van der Waals surface area contributed by atoms with E-state index in [1.165, 1.54) is 10.5 Å². The number of amides is 3. The second-order valence-electron chi connectivity index (χ2n) is 11.4. The Morgan fingerprint density at radius 1 is 0.975 bits per heavy atom. The zero-order valence-electron chi connectivity index (χ0n) is 23.3. The summed E-state index contributed by atoms with van der Waals surface area (Å²) < 4.78 is 6.46. The fraction of sp³-hybridized carbons (Fsp3) is 0.516. The van der Waals surface area contributed by atoms with Gasteiger partial charge in [-0.25, -0.2) is 0 Å². The van der Waals surface area contributed by atoms with Crippen LogP contribution in [0, 0.1) is 5.92 Å². The number of carbonyl (C=O) groups excluding carboxylic acids is 3. The van der Waals surface area contributed by atoms with Crippen LogP contribution in [-0.2, 0) is 33.6 Å². The lowest BCUT2D eigenvalue weighted by Gasteiger charge is -2.32. The SMILES string of the molecule is C[C@@H]1C(=O)N[C@H](Cc2ccc(O)cc2)C(=O)NCCCc2cccc3c2O[C@H](CC3)CN[C@@H](C2CC2)C(=O)N1C. The van der Waals surface area contributed by atoms with Crippen molar-refractivity contribution in [3.63, 3.8) is 0 Å². The molecule has 9 heteroatoms. The zero-order valence-corrected chi connectivity index (χ0v) is 23.3. The van der Waals surface area contributed by atoms with Crippen molar-refractivity contribution in [1.82, 2.24) is 20.9 Å². The normalized spacial score (nSPS) is 26.6. The van der Waals surface area contributed by atoms with E-state index in [0.29, 0.717) is 13.1 Å². The number of hydrogen-bond donors (Lipinski definition) is 4. The number of aromatic hydroxyl groups is 1. The Kier molecular flexibility index (Phi) is 8.59. The van der Waals surface area contributed by atoms with Crippen molar-refractivity contribution in [3.05, 3.63) is 59.2 Å². The van der Waals surface area contributed by atoms with Gasteiger partial charge >= 0.3 is 0 Å². The quantitative estimate of drug-likeness (QED) is 0.466. The molecule has 4 atom stereocenters. The number of nitrogens with zero attached hydrogens (tertiary/aromatic N) is 1. The number of aryl methyl sites for hydroxylation is 2. The molecule has 1 aliphatic carbocycles. The number of benzene rings is 2. The first-order valence-electron chi connectivity index (χ1n) is 14.4. The van der Waals surface area contributed by atoms with Crippen LogP contribution in [0.5, 0.6) is 11.5 Å². The first-order chi connectivity index (χ1) is 19.3. The molecule has 0 aromatic heterocycles. The zero-order chi connectivity index (χ0) is 28.2. The minimum Gasteiger partial charge on any atom is -0.508 e. The second-order valence-corrected chi connectivity index (χ2v) is 11.4. The summed E-state index contributed by atoms with van der Waals surface area (Å²) in [4.78, 5) is 41.7. The van der Waals surface area contributed by atoms with Crippen LogP contribution in [0.15, 0.2) is 42.5 Å². The van der Waals surface area contributed by atoms with Gasteiger partial charge in [0.1, 0.15) is 29.7 Å². The molecular weight excluding hydrogens is 508 g/mol. The highest BCUT2D eigenvalue weighted by atomic mass is 16.5. The third-order valence-electron chi connectivity index (χ3n) is 8.36. The third-order valence-corrected chi connectivity index (χ3v) is 8.36. The molecular formula is C31H40N4O5. The molecule has 4 N–H and O–H groups in total. The molecule has 0 saturated heterocycles. The summed E-state index contributed by atoms with van der Waals surface area (Å²) in [5, 5.41) is 19.0. The first kappa shape index (κ1) is 28.0. The Morgan fingerprint density at radius 2 is 1.70 bits per heavy atom. The van der Waals surface area contributed by atoms with E-state index < -0.39 is 12.1 Å². The Labute approximate surface area is 235 Å². The molecule has 2 aromatic rings. The van der Waals surface area contributed by atoms with E-state index in [1.54, 1.807) is 38.2 Å². The Balaban J connectivity index is 1.39. The number of nitrogens with one attached hydrogen (secondary N) is 3. The van der Waals surface area contributed by atoms with Crippen molar-refractivity contribution >= 4 is 17.7 Å². The number of phenols is 1. The van der Waals surface area contributed by atoms with Crippen LogP contribution in [-0.4, -0.2) is 72.1 Å². The van der Waals surface area contributed by atoms with Crippen molar-refractivity contribution in [2.24, 2.45) is 5.92 Å². The summed E-state index contributed by atoms with van der Waals surface area (Å²) in [7, 11) is 1.65. The summed E-state index contributed by atoms with van der Waals surface area (Å²) in [6, 6.07) is 10.9. The number of para-hydroxylation sites is 1. The fourth-order valence-corrected chi connectivity index (χ4v) is 5.58. The van der Waals surface area contributed by atoms with Crippen molar-refractivity contribution in [2.75, 3.05) is 20.1 Å². The van der Waals surface area contributed by atoms with Gasteiger partial charge in [-0.1, -0.05) is 30.3 Å². The Hall–Kier alpha value is -3.59. The summed E-state index contributed by atoms with van der Waals surface area (Å²) in [6.07, 6.45) is 5.46. The van der Waals surface area contributed by atoms with Crippen LogP contribution < -0.4 is 20.7 Å². The van der Waals surface area contributed by atoms with Crippen LogP contribution in [0.25, 0.3) is 0 Å². The number of carbonyl (C=O) groups is 3. The number of phenolic OH excluding ortho intramolecular Hbond substituents is 1. The number of hydrogen-bond acceptors (Lipinski definition) is 6. The molecule has 2 bridgehead atoms. The molecule has 2 heterocycles. The molecule has 3 aliphatic rings. The molecule has 2 aliphatic heterocycles. The highest BCUT2D eigenvalue weighted by Gasteiger charge is 2.40. The van der Waals surface area contributed by atoms with Gasteiger partial charge in [0.2, 0.25) is 17.7 Å². The topological polar surface area (TPSA) is 120 Å². The number of rotatable bonds is 3. The van der Waals surface area contributed by atoms with Gasteiger partial charge in [0.15, 0.2) is 0 Å². The monoisotopic (exact) mass is 548 g/mol. The fourth-order valence-electron chi connectivity index (χ4n) is 5.58. The van der Waals surface area contributed by atoms with E-state index >= 15 is 0 Å². The van der Waals surface area contributed by atoms with Gasteiger partial charge in [-0.3, -0.25) is 14.4 Å². The Bertz CT molecular complexity index is 1230. The Morgan fingerprint density at radius 3 is 2.42 bits per heavy atom. The van der Waals surface area contributed by atoms with Crippen LogP contribution in [0.2, 0.25) is 0 Å². The lowest BCUT2D eigenvalue weighted by Crippen LogP contribution is -2.57. The van der Waals surface area contributed by atoms with Crippen molar-refractivity contribution in [3.8, 4) is 11.5 Å². The minimum atomic E-state index is -0.826. The highest BCUT2D eigenvalue weighted by molar-refractivity contribution is 5.93. The van der Waals surface area contributed by atoms with Crippen LogP contribution in [0.1, 0.15) is 49.3 Å². The summed E-state index contributed by atoms with van der Waals surface area (Å²) in [5.41, 5.74) is 3.13. The average Bonchev–Trinajstić information content (AvgIpc) is 3.80. The maximum Gasteiger partial charge on any atom is 0.243 e. The highest BCUT2D eigenvalue weighted by Crippen LogP contribution is 2.35. The van der Waals surface area contributed by atoms with Crippen LogP contribution in [0.3, 0.4) is 0 Å². The molecule has 0 spiro atoms. The van der Waals surface area contributed by atoms with Gasteiger partial charge in [0.25, 0.3) is 0 Å². The molecule has 214 valence electrons. The summed E-state index contributed by atoms with van der Waals surface area (Å²) in [6.45, 7) is 2.71.